The molecule has 8 heteroatoms. The molecule has 0 saturated carbocycles. The number of hydrogen-bond donors (Lipinski definition) is 2. The Hall–Kier alpha value is -4.20. The van der Waals surface area contributed by atoms with Crippen molar-refractivity contribution in [3.05, 3.63) is 94.0 Å². The van der Waals surface area contributed by atoms with E-state index < -0.39 is 16.9 Å². The van der Waals surface area contributed by atoms with Crippen molar-refractivity contribution in [2.45, 2.75) is 0 Å². The molecular formula is C20H14N2O6. The van der Waals surface area contributed by atoms with E-state index in [4.69, 9.17) is 4.74 Å². The van der Waals surface area contributed by atoms with E-state index in [9.17, 15) is 24.8 Å². The van der Waals surface area contributed by atoms with E-state index in [0.29, 0.717) is 17.0 Å². The van der Waals surface area contributed by atoms with Gasteiger partial charge < -0.3 is 15.2 Å². The molecule has 0 atom stereocenters. The summed E-state index contributed by atoms with van der Waals surface area (Å²) in [7, 11) is 0. The van der Waals surface area contributed by atoms with Gasteiger partial charge in [-0.2, -0.15) is 0 Å². The number of rotatable bonds is 6. The fraction of sp³-hybridized carbons (Fsp3) is 0. The van der Waals surface area contributed by atoms with Gasteiger partial charge in [0.1, 0.15) is 5.75 Å². The van der Waals surface area contributed by atoms with Crippen molar-refractivity contribution >= 4 is 29.0 Å². The molecule has 8 nitrogen and oxygen atoms in total. The van der Waals surface area contributed by atoms with Crippen LogP contribution in [0.15, 0.2) is 72.8 Å². The number of nitro groups is 1. The number of carbonyl (C=O) groups is 2. The largest absolute Gasteiger partial charge is 0.478 e. The molecule has 0 fully saturated rings. The van der Waals surface area contributed by atoms with Crippen LogP contribution in [-0.4, -0.2) is 22.0 Å². The van der Waals surface area contributed by atoms with Gasteiger partial charge in [-0.3, -0.25) is 10.1 Å². The normalized spacial score (nSPS) is 10.1. The number of non-ortho nitro benzene ring substituents is 1. The number of nitrogens with one attached hydrogen (secondary N) is 1. The maximum atomic E-state index is 12.0. The molecule has 3 aromatic carbocycles. The molecule has 0 aliphatic carbocycles. The minimum absolute atomic E-state index is 0.201. The zero-order valence-electron chi connectivity index (χ0n) is 14.4. The molecule has 2 N–H and O–H groups in total. The van der Waals surface area contributed by atoms with Crippen molar-refractivity contribution in [3.8, 4) is 5.75 Å². The number of carbonyl (C=O) groups excluding carboxylic acids is 1. The Kier molecular flexibility index (Phi) is 5.31. The van der Waals surface area contributed by atoms with E-state index in [1.807, 2.05) is 0 Å². The predicted octanol–water partition coefficient (Wildman–Crippen LogP) is 4.26. The Morgan fingerprint density at radius 1 is 0.964 bits per heavy atom. The summed E-state index contributed by atoms with van der Waals surface area (Å²) in [5.41, 5.74) is 0.601. The predicted molar refractivity (Wildman–Crippen MR) is 101 cm³/mol. The average molecular weight is 378 g/mol. The smallest absolute Gasteiger partial charge is 0.343 e. The third-order valence-electron chi connectivity index (χ3n) is 3.80. The highest BCUT2D eigenvalue weighted by Gasteiger charge is 2.16. The monoisotopic (exact) mass is 378 g/mol. The van der Waals surface area contributed by atoms with Crippen molar-refractivity contribution in [2.24, 2.45) is 0 Å². The molecule has 0 spiro atoms. The standard InChI is InChI=1S/C20H14N2O6/c23-19(24)17-12-15(22(26)27)8-11-18(17)21-14-6-9-16(10-7-14)28-20(25)13-4-2-1-3-5-13/h1-12,21H,(H,23,24). The van der Waals surface area contributed by atoms with E-state index in [0.717, 1.165) is 6.07 Å². The molecule has 140 valence electrons. The van der Waals surface area contributed by atoms with Crippen LogP contribution in [0, 0.1) is 10.1 Å². The molecule has 0 bridgehead atoms. The molecule has 0 radical (unpaired) electrons. The molecule has 0 aliphatic heterocycles. The van der Waals surface area contributed by atoms with Crippen molar-refractivity contribution in [2.75, 3.05) is 5.32 Å². The van der Waals surface area contributed by atoms with Gasteiger partial charge in [-0.25, -0.2) is 9.59 Å². The second-order valence-electron chi connectivity index (χ2n) is 5.70. The second-order valence-corrected chi connectivity index (χ2v) is 5.70. The highest BCUT2D eigenvalue weighted by atomic mass is 16.6. The lowest BCUT2D eigenvalue weighted by atomic mass is 10.1. The van der Waals surface area contributed by atoms with E-state index in [1.54, 1.807) is 54.6 Å². The van der Waals surface area contributed by atoms with Gasteiger partial charge in [0.2, 0.25) is 0 Å². The number of nitrogens with zero attached hydrogens (tertiary/aromatic N) is 1. The lowest BCUT2D eigenvalue weighted by Crippen LogP contribution is -2.08. The van der Waals surface area contributed by atoms with Crippen LogP contribution in [0.3, 0.4) is 0 Å². The van der Waals surface area contributed by atoms with Crippen molar-refractivity contribution < 1.29 is 24.4 Å². The number of aromatic carboxylic acids is 1. The first kappa shape index (κ1) is 18.6. The fourth-order valence-electron chi connectivity index (χ4n) is 2.43. The fourth-order valence-corrected chi connectivity index (χ4v) is 2.43. The van der Waals surface area contributed by atoms with Gasteiger partial charge >= 0.3 is 11.9 Å². The van der Waals surface area contributed by atoms with Crippen LogP contribution in [0.5, 0.6) is 5.75 Å². The topological polar surface area (TPSA) is 119 Å². The quantitative estimate of drug-likeness (QED) is 0.285. The SMILES string of the molecule is O=C(Oc1ccc(Nc2ccc([N+](=O)[O-])cc2C(=O)O)cc1)c1ccccc1. The van der Waals surface area contributed by atoms with E-state index in [1.165, 1.54) is 12.1 Å². The van der Waals surface area contributed by atoms with Gasteiger partial charge in [-0.15, -0.1) is 0 Å². The van der Waals surface area contributed by atoms with Gasteiger partial charge in [0.05, 0.1) is 21.7 Å². The summed E-state index contributed by atoms with van der Waals surface area (Å²) < 4.78 is 5.27. The lowest BCUT2D eigenvalue weighted by Gasteiger charge is -2.10. The Morgan fingerprint density at radius 2 is 1.64 bits per heavy atom. The van der Waals surface area contributed by atoms with Crippen LogP contribution in [-0.2, 0) is 0 Å². The summed E-state index contributed by atoms with van der Waals surface area (Å²) >= 11 is 0. The van der Waals surface area contributed by atoms with Crippen LogP contribution in [0.4, 0.5) is 17.1 Å². The Morgan fingerprint density at radius 3 is 2.25 bits per heavy atom. The summed E-state index contributed by atoms with van der Waals surface area (Å²) in [5.74, 6) is -1.47. The highest BCUT2D eigenvalue weighted by Crippen LogP contribution is 2.26. The number of esters is 1. The summed E-state index contributed by atoms with van der Waals surface area (Å²) in [6, 6.07) is 18.4. The summed E-state index contributed by atoms with van der Waals surface area (Å²) in [5, 5.41) is 23.0. The molecule has 3 rings (SSSR count). The van der Waals surface area contributed by atoms with Gasteiger partial charge in [-0.05, 0) is 42.5 Å². The molecule has 0 heterocycles. The van der Waals surface area contributed by atoms with Gasteiger partial charge in [0.15, 0.2) is 0 Å². The maximum absolute atomic E-state index is 12.0. The summed E-state index contributed by atoms with van der Waals surface area (Å²) in [6.07, 6.45) is 0. The summed E-state index contributed by atoms with van der Waals surface area (Å²) in [4.78, 5) is 33.6. The van der Waals surface area contributed by atoms with Crippen LogP contribution in [0.1, 0.15) is 20.7 Å². The lowest BCUT2D eigenvalue weighted by molar-refractivity contribution is -0.384. The molecule has 28 heavy (non-hydrogen) atoms. The average Bonchev–Trinajstić information content (AvgIpc) is 2.70. The second kappa shape index (κ2) is 8.00. The number of benzene rings is 3. The van der Waals surface area contributed by atoms with Crippen LogP contribution in [0.25, 0.3) is 0 Å². The number of nitro benzene ring substituents is 1. The zero-order valence-corrected chi connectivity index (χ0v) is 14.4. The van der Waals surface area contributed by atoms with E-state index in [-0.39, 0.29) is 16.9 Å². The van der Waals surface area contributed by atoms with Gasteiger partial charge in [0, 0.05) is 17.8 Å². The summed E-state index contributed by atoms with van der Waals surface area (Å²) in [6.45, 7) is 0. The van der Waals surface area contributed by atoms with E-state index in [2.05, 4.69) is 5.32 Å². The van der Waals surface area contributed by atoms with Crippen molar-refractivity contribution in [3.63, 3.8) is 0 Å². The molecule has 0 aromatic heterocycles. The number of anilines is 2. The minimum atomic E-state index is -1.29. The van der Waals surface area contributed by atoms with E-state index >= 15 is 0 Å². The molecule has 0 amide bonds. The minimum Gasteiger partial charge on any atom is -0.478 e. The van der Waals surface area contributed by atoms with Crippen molar-refractivity contribution in [1.82, 2.24) is 0 Å². The third kappa shape index (κ3) is 4.31. The number of carboxylic acids is 1. The molecule has 3 aromatic rings. The molecule has 0 unspecified atom stereocenters. The molecule has 0 saturated heterocycles. The molecular weight excluding hydrogens is 364 g/mol. The zero-order chi connectivity index (χ0) is 20.1. The number of ether oxygens (including phenoxy) is 1. The Labute approximate surface area is 159 Å². The highest BCUT2D eigenvalue weighted by molar-refractivity contribution is 5.96. The van der Waals surface area contributed by atoms with Gasteiger partial charge in [0.25, 0.3) is 5.69 Å². The third-order valence-corrected chi connectivity index (χ3v) is 3.80. The van der Waals surface area contributed by atoms with Gasteiger partial charge in [-0.1, -0.05) is 18.2 Å². The number of hydrogen-bond acceptors (Lipinski definition) is 6. The first-order chi connectivity index (χ1) is 13.4. The van der Waals surface area contributed by atoms with Crippen LogP contribution >= 0.6 is 0 Å². The first-order valence-corrected chi connectivity index (χ1v) is 8.10. The Balaban J connectivity index is 1.75. The van der Waals surface area contributed by atoms with Crippen molar-refractivity contribution in [1.29, 1.82) is 0 Å². The molecule has 0 aliphatic rings. The number of carboxylic acid groups (broad SMARTS) is 1. The maximum Gasteiger partial charge on any atom is 0.343 e. The Bertz CT molecular complexity index is 1030. The van der Waals surface area contributed by atoms with Crippen LogP contribution in [0.2, 0.25) is 0 Å². The van der Waals surface area contributed by atoms with Crippen LogP contribution < -0.4 is 10.1 Å². The first-order valence-electron chi connectivity index (χ1n) is 8.10.